The molecule has 0 aromatic rings. The lowest BCUT2D eigenvalue weighted by Crippen LogP contribution is -2.43. The Morgan fingerprint density at radius 1 is 1.31 bits per heavy atom. The van der Waals surface area contributed by atoms with Crippen LogP contribution in [0.3, 0.4) is 0 Å². The van der Waals surface area contributed by atoms with Gasteiger partial charge in [-0.3, -0.25) is 0 Å². The van der Waals surface area contributed by atoms with Crippen molar-refractivity contribution in [2.24, 2.45) is 5.92 Å². The maximum atomic E-state index is 11.5. The standard InChI is InChI=1S/C11H21NO2S2/c1-16(13,14)11-4-2-3-10(5-11)15-8-9-6-12-7-9/h9-12H,2-8H2,1H3. The highest BCUT2D eigenvalue weighted by Gasteiger charge is 2.29. The molecule has 94 valence electrons. The Bertz CT molecular complexity index is 325. The fourth-order valence-electron chi connectivity index (χ4n) is 2.38. The predicted molar refractivity (Wildman–Crippen MR) is 69.7 cm³/mol. The van der Waals surface area contributed by atoms with Gasteiger partial charge in [0.2, 0.25) is 0 Å². The van der Waals surface area contributed by atoms with Gasteiger partial charge in [-0.2, -0.15) is 11.8 Å². The van der Waals surface area contributed by atoms with E-state index in [1.165, 1.54) is 18.4 Å². The maximum absolute atomic E-state index is 11.5. The zero-order valence-corrected chi connectivity index (χ0v) is 11.4. The Hall–Kier alpha value is 0.260. The van der Waals surface area contributed by atoms with Crippen molar-refractivity contribution in [3.63, 3.8) is 0 Å². The van der Waals surface area contributed by atoms with Gasteiger partial charge in [0.1, 0.15) is 9.84 Å². The van der Waals surface area contributed by atoms with E-state index in [0.717, 1.165) is 38.3 Å². The van der Waals surface area contributed by atoms with Crippen LogP contribution < -0.4 is 5.32 Å². The molecule has 0 radical (unpaired) electrons. The first kappa shape index (κ1) is 12.7. The highest BCUT2D eigenvalue weighted by atomic mass is 32.2. The van der Waals surface area contributed by atoms with E-state index in [1.807, 2.05) is 11.8 Å². The molecular formula is C11H21NO2S2. The van der Waals surface area contributed by atoms with Crippen molar-refractivity contribution < 1.29 is 8.42 Å². The van der Waals surface area contributed by atoms with Crippen LogP contribution in [-0.4, -0.2) is 44.0 Å². The van der Waals surface area contributed by atoms with Crippen LogP contribution in [0.15, 0.2) is 0 Å². The molecule has 2 unspecified atom stereocenters. The third kappa shape index (κ3) is 3.37. The van der Waals surface area contributed by atoms with Crippen molar-refractivity contribution in [3.05, 3.63) is 0 Å². The highest BCUT2D eigenvalue weighted by molar-refractivity contribution is 8.00. The lowest BCUT2D eigenvalue weighted by Gasteiger charge is -2.31. The second-order valence-electron chi connectivity index (χ2n) is 5.10. The normalized spacial score (nSPS) is 32.3. The molecule has 5 heteroatoms. The van der Waals surface area contributed by atoms with Crippen LogP contribution in [0.2, 0.25) is 0 Å². The van der Waals surface area contributed by atoms with Crippen molar-refractivity contribution in [3.8, 4) is 0 Å². The first-order chi connectivity index (χ1) is 7.55. The number of nitrogens with one attached hydrogen (secondary N) is 1. The molecule has 1 N–H and O–H groups in total. The maximum Gasteiger partial charge on any atom is 0.150 e. The summed E-state index contributed by atoms with van der Waals surface area (Å²) in [5, 5.41) is 3.78. The third-order valence-electron chi connectivity index (χ3n) is 3.62. The van der Waals surface area contributed by atoms with Gasteiger partial charge >= 0.3 is 0 Å². The van der Waals surface area contributed by atoms with Gasteiger partial charge < -0.3 is 5.32 Å². The fraction of sp³-hybridized carbons (Fsp3) is 1.00. The average Bonchev–Trinajstić information content (AvgIpc) is 2.14. The van der Waals surface area contributed by atoms with Crippen molar-refractivity contribution in [1.29, 1.82) is 0 Å². The number of rotatable bonds is 4. The SMILES string of the molecule is CS(=O)(=O)C1CCCC(SCC2CNC2)C1. The van der Waals surface area contributed by atoms with Gasteiger partial charge in [-0.1, -0.05) is 6.42 Å². The lowest BCUT2D eigenvalue weighted by atomic mass is 10.00. The van der Waals surface area contributed by atoms with Crippen LogP contribution in [0.5, 0.6) is 0 Å². The van der Waals surface area contributed by atoms with Gasteiger partial charge in [0, 0.05) is 11.5 Å². The van der Waals surface area contributed by atoms with E-state index < -0.39 is 9.84 Å². The van der Waals surface area contributed by atoms with E-state index in [-0.39, 0.29) is 5.25 Å². The van der Waals surface area contributed by atoms with Crippen LogP contribution in [0, 0.1) is 5.92 Å². The van der Waals surface area contributed by atoms with E-state index in [4.69, 9.17) is 0 Å². The molecule has 0 bridgehead atoms. The Morgan fingerprint density at radius 3 is 2.62 bits per heavy atom. The molecule has 0 aromatic heterocycles. The van der Waals surface area contributed by atoms with Gasteiger partial charge in [0.15, 0.2) is 0 Å². The topological polar surface area (TPSA) is 46.2 Å². The van der Waals surface area contributed by atoms with E-state index in [1.54, 1.807) is 0 Å². The van der Waals surface area contributed by atoms with Gasteiger partial charge in [-0.05, 0) is 44.0 Å². The first-order valence-corrected chi connectivity index (χ1v) is 9.07. The monoisotopic (exact) mass is 263 g/mol. The summed E-state index contributed by atoms with van der Waals surface area (Å²) in [7, 11) is -2.81. The highest BCUT2D eigenvalue weighted by Crippen LogP contribution is 2.32. The molecule has 1 saturated heterocycles. The van der Waals surface area contributed by atoms with Crippen LogP contribution in [0.25, 0.3) is 0 Å². The zero-order chi connectivity index (χ0) is 11.6. The summed E-state index contributed by atoms with van der Waals surface area (Å²) in [5.41, 5.74) is 0. The minimum Gasteiger partial charge on any atom is -0.316 e. The van der Waals surface area contributed by atoms with E-state index in [2.05, 4.69) is 5.32 Å². The molecular weight excluding hydrogens is 242 g/mol. The molecule has 1 aliphatic carbocycles. The summed E-state index contributed by atoms with van der Waals surface area (Å²) in [4.78, 5) is 0. The van der Waals surface area contributed by atoms with Crippen LogP contribution in [-0.2, 0) is 9.84 Å². The minimum absolute atomic E-state index is 0.0711. The van der Waals surface area contributed by atoms with E-state index >= 15 is 0 Å². The summed E-state index contributed by atoms with van der Waals surface area (Å²) in [6.45, 7) is 2.30. The Balaban J connectivity index is 1.77. The molecule has 16 heavy (non-hydrogen) atoms. The van der Waals surface area contributed by atoms with Crippen molar-refractivity contribution in [2.45, 2.75) is 36.2 Å². The lowest BCUT2D eigenvalue weighted by molar-refractivity contribution is 0.384. The quantitative estimate of drug-likeness (QED) is 0.830. The predicted octanol–water partition coefficient (Wildman–Crippen LogP) is 1.29. The molecule has 0 amide bonds. The molecule has 1 heterocycles. The van der Waals surface area contributed by atoms with Crippen molar-refractivity contribution in [1.82, 2.24) is 5.32 Å². The Kier molecular flexibility index (Phi) is 4.19. The number of hydrogen-bond acceptors (Lipinski definition) is 4. The van der Waals surface area contributed by atoms with E-state index in [9.17, 15) is 8.42 Å². The van der Waals surface area contributed by atoms with Gasteiger partial charge in [0.05, 0.1) is 5.25 Å². The molecule has 3 nitrogen and oxygen atoms in total. The number of sulfone groups is 1. The number of thioether (sulfide) groups is 1. The summed E-state index contributed by atoms with van der Waals surface area (Å²) >= 11 is 2.00. The second-order valence-corrected chi connectivity index (χ2v) is 8.76. The molecule has 1 aliphatic heterocycles. The van der Waals surface area contributed by atoms with Crippen LogP contribution in [0.4, 0.5) is 0 Å². The van der Waals surface area contributed by atoms with Gasteiger partial charge in [-0.15, -0.1) is 0 Å². The van der Waals surface area contributed by atoms with Crippen molar-refractivity contribution >= 4 is 21.6 Å². The fourth-order valence-corrected chi connectivity index (χ4v) is 5.16. The summed E-state index contributed by atoms with van der Waals surface area (Å²) in [6, 6.07) is 0. The minimum atomic E-state index is -2.81. The molecule has 2 aliphatic rings. The summed E-state index contributed by atoms with van der Waals surface area (Å²) < 4.78 is 23.0. The Labute approximate surface area is 103 Å². The second kappa shape index (κ2) is 5.27. The molecule has 2 rings (SSSR count). The summed E-state index contributed by atoms with van der Waals surface area (Å²) in [5.74, 6) is 2.03. The first-order valence-electron chi connectivity index (χ1n) is 6.07. The number of hydrogen-bond donors (Lipinski definition) is 1. The average molecular weight is 263 g/mol. The molecule has 0 spiro atoms. The molecule has 0 aromatic carbocycles. The largest absolute Gasteiger partial charge is 0.316 e. The third-order valence-corrected chi connectivity index (χ3v) is 6.82. The smallest absolute Gasteiger partial charge is 0.150 e. The molecule has 2 fully saturated rings. The van der Waals surface area contributed by atoms with Gasteiger partial charge in [0.25, 0.3) is 0 Å². The van der Waals surface area contributed by atoms with E-state index in [0.29, 0.717) is 5.25 Å². The molecule has 2 atom stereocenters. The molecule has 1 saturated carbocycles. The van der Waals surface area contributed by atoms with Gasteiger partial charge in [-0.25, -0.2) is 8.42 Å². The van der Waals surface area contributed by atoms with Crippen LogP contribution >= 0.6 is 11.8 Å². The summed E-state index contributed by atoms with van der Waals surface area (Å²) in [6.07, 6.45) is 5.43. The Morgan fingerprint density at radius 2 is 2.06 bits per heavy atom. The van der Waals surface area contributed by atoms with Crippen molar-refractivity contribution in [2.75, 3.05) is 25.1 Å². The van der Waals surface area contributed by atoms with Crippen LogP contribution in [0.1, 0.15) is 25.7 Å². The zero-order valence-electron chi connectivity index (χ0n) is 9.81.